The van der Waals surface area contributed by atoms with Gasteiger partial charge in [-0.15, -0.1) is 0 Å². The van der Waals surface area contributed by atoms with Gasteiger partial charge in [-0.1, -0.05) is 0 Å². The van der Waals surface area contributed by atoms with Gasteiger partial charge in [0.05, 0.1) is 11.5 Å². The quantitative estimate of drug-likeness (QED) is 0.837. The number of primary sulfonamides is 1. The maximum Gasteiger partial charge on any atom is 0.342 e. The standard InChI is InChI=1S/C14H19NO5S/c1-2-19-13-8-7-11(21(15,17)18)9-12(13)14(16)20-10-5-3-4-6-10/h7-10H,2-6H2,1H3,(H2,15,17,18). The third kappa shape index (κ3) is 3.95. The highest BCUT2D eigenvalue weighted by Crippen LogP contribution is 2.26. The predicted molar refractivity (Wildman–Crippen MR) is 76.7 cm³/mol. The lowest BCUT2D eigenvalue weighted by molar-refractivity contribution is 0.0313. The molecule has 21 heavy (non-hydrogen) atoms. The molecule has 6 nitrogen and oxygen atoms in total. The van der Waals surface area contributed by atoms with Crippen LogP contribution in [0.25, 0.3) is 0 Å². The van der Waals surface area contributed by atoms with Gasteiger partial charge in [0, 0.05) is 0 Å². The van der Waals surface area contributed by atoms with Crippen LogP contribution in [0.3, 0.4) is 0 Å². The van der Waals surface area contributed by atoms with Gasteiger partial charge in [-0.3, -0.25) is 0 Å². The van der Waals surface area contributed by atoms with Crippen LogP contribution in [-0.4, -0.2) is 27.1 Å². The highest BCUT2D eigenvalue weighted by Gasteiger charge is 2.24. The topological polar surface area (TPSA) is 95.7 Å². The lowest BCUT2D eigenvalue weighted by atomic mass is 10.2. The Morgan fingerprint density at radius 1 is 1.33 bits per heavy atom. The SMILES string of the molecule is CCOc1ccc(S(N)(=O)=O)cc1C(=O)OC1CCCC1. The van der Waals surface area contributed by atoms with Gasteiger partial charge >= 0.3 is 5.97 Å². The average molecular weight is 313 g/mol. The second-order valence-corrected chi connectivity index (χ2v) is 6.51. The summed E-state index contributed by atoms with van der Waals surface area (Å²) in [7, 11) is -3.88. The van der Waals surface area contributed by atoms with E-state index in [0.717, 1.165) is 25.7 Å². The molecule has 0 bridgehead atoms. The number of sulfonamides is 1. The molecule has 1 aliphatic rings. The van der Waals surface area contributed by atoms with Gasteiger partial charge in [-0.2, -0.15) is 0 Å². The third-order valence-corrected chi connectivity index (χ3v) is 4.29. The van der Waals surface area contributed by atoms with E-state index in [-0.39, 0.29) is 16.6 Å². The number of benzene rings is 1. The lowest BCUT2D eigenvalue weighted by Crippen LogP contribution is -2.18. The van der Waals surface area contributed by atoms with Crippen molar-refractivity contribution in [2.45, 2.75) is 43.6 Å². The first kappa shape index (κ1) is 15.8. The van der Waals surface area contributed by atoms with Gasteiger partial charge in [-0.25, -0.2) is 18.4 Å². The first-order valence-electron chi connectivity index (χ1n) is 6.92. The van der Waals surface area contributed by atoms with E-state index in [4.69, 9.17) is 14.6 Å². The summed E-state index contributed by atoms with van der Waals surface area (Å²) < 4.78 is 33.6. The lowest BCUT2D eigenvalue weighted by Gasteiger charge is -2.14. The molecule has 1 saturated carbocycles. The number of rotatable bonds is 5. The van der Waals surface area contributed by atoms with E-state index in [1.807, 2.05) is 0 Å². The molecular formula is C14H19NO5S. The first-order valence-corrected chi connectivity index (χ1v) is 8.47. The van der Waals surface area contributed by atoms with E-state index < -0.39 is 16.0 Å². The van der Waals surface area contributed by atoms with E-state index in [2.05, 4.69) is 0 Å². The normalized spacial score (nSPS) is 15.9. The molecule has 0 unspecified atom stereocenters. The van der Waals surface area contributed by atoms with Crippen LogP contribution in [0.15, 0.2) is 23.1 Å². The molecule has 0 amide bonds. The number of nitrogens with two attached hydrogens (primary N) is 1. The Morgan fingerprint density at radius 3 is 2.57 bits per heavy atom. The summed E-state index contributed by atoms with van der Waals surface area (Å²) in [5, 5.41) is 5.09. The molecule has 1 aliphatic carbocycles. The van der Waals surface area contributed by atoms with Gasteiger partial charge in [0.25, 0.3) is 0 Å². The Kier molecular flexibility index (Phi) is 4.84. The van der Waals surface area contributed by atoms with Crippen LogP contribution < -0.4 is 9.88 Å². The van der Waals surface area contributed by atoms with Crippen LogP contribution >= 0.6 is 0 Å². The summed E-state index contributed by atoms with van der Waals surface area (Å²) in [5.74, 6) is -0.274. The fourth-order valence-electron chi connectivity index (χ4n) is 2.35. The molecule has 2 rings (SSSR count). The van der Waals surface area contributed by atoms with Gasteiger partial charge in [-0.05, 0) is 50.8 Å². The van der Waals surface area contributed by atoms with Crippen LogP contribution in [0.4, 0.5) is 0 Å². The Labute approximate surface area is 124 Å². The summed E-state index contributed by atoms with van der Waals surface area (Å²) in [6.07, 6.45) is 3.64. The van der Waals surface area contributed by atoms with Crippen LogP contribution in [-0.2, 0) is 14.8 Å². The molecule has 0 heterocycles. The maximum atomic E-state index is 12.2. The number of carbonyl (C=O) groups excluding carboxylic acids is 1. The minimum Gasteiger partial charge on any atom is -0.493 e. The van der Waals surface area contributed by atoms with E-state index >= 15 is 0 Å². The van der Waals surface area contributed by atoms with E-state index in [0.29, 0.717) is 12.4 Å². The van der Waals surface area contributed by atoms with Crippen molar-refractivity contribution in [1.29, 1.82) is 0 Å². The molecule has 1 fully saturated rings. The smallest absolute Gasteiger partial charge is 0.342 e. The van der Waals surface area contributed by atoms with Crippen molar-refractivity contribution >= 4 is 16.0 Å². The minimum atomic E-state index is -3.88. The minimum absolute atomic E-state index is 0.0928. The largest absolute Gasteiger partial charge is 0.493 e. The molecule has 1 aromatic carbocycles. The van der Waals surface area contributed by atoms with Crippen molar-refractivity contribution in [1.82, 2.24) is 0 Å². The zero-order chi connectivity index (χ0) is 15.5. The highest BCUT2D eigenvalue weighted by molar-refractivity contribution is 7.89. The number of ether oxygens (including phenoxy) is 2. The second kappa shape index (κ2) is 6.44. The number of hydrogen-bond donors (Lipinski definition) is 1. The zero-order valence-corrected chi connectivity index (χ0v) is 12.7. The third-order valence-electron chi connectivity index (χ3n) is 3.38. The summed E-state index contributed by atoms with van der Waals surface area (Å²) in [6.45, 7) is 2.14. The summed E-state index contributed by atoms with van der Waals surface area (Å²) in [5.41, 5.74) is 0.0928. The Morgan fingerprint density at radius 2 is 2.00 bits per heavy atom. The monoisotopic (exact) mass is 313 g/mol. The van der Waals surface area contributed by atoms with Crippen molar-refractivity contribution in [3.63, 3.8) is 0 Å². The highest BCUT2D eigenvalue weighted by atomic mass is 32.2. The first-order chi connectivity index (χ1) is 9.91. The molecule has 0 saturated heterocycles. The molecule has 0 spiro atoms. The van der Waals surface area contributed by atoms with Crippen molar-refractivity contribution in [2.75, 3.05) is 6.61 Å². The van der Waals surface area contributed by atoms with Gasteiger partial charge in [0.15, 0.2) is 0 Å². The summed E-state index contributed by atoms with van der Waals surface area (Å²) in [6, 6.07) is 3.94. The summed E-state index contributed by atoms with van der Waals surface area (Å²) >= 11 is 0. The van der Waals surface area contributed by atoms with Gasteiger partial charge < -0.3 is 9.47 Å². The maximum absolute atomic E-state index is 12.2. The van der Waals surface area contributed by atoms with E-state index in [1.165, 1.54) is 18.2 Å². The van der Waals surface area contributed by atoms with Crippen LogP contribution in [0.2, 0.25) is 0 Å². The molecular weight excluding hydrogens is 294 g/mol. The number of esters is 1. The van der Waals surface area contributed by atoms with Gasteiger partial charge in [0.2, 0.25) is 10.0 Å². The molecule has 0 radical (unpaired) electrons. The molecule has 7 heteroatoms. The molecule has 0 atom stereocenters. The fourth-order valence-corrected chi connectivity index (χ4v) is 2.89. The second-order valence-electron chi connectivity index (χ2n) is 4.95. The van der Waals surface area contributed by atoms with Crippen LogP contribution in [0.5, 0.6) is 5.75 Å². The van der Waals surface area contributed by atoms with Crippen LogP contribution in [0, 0.1) is 0 Å². The molecule has 116 valence electrons. The predicted octanol–water partition coefficient (Wildman–Crippen LogP) is 1.83. The van der Waals surface area contributed by atoms with Crippen molar-refractivity contribution < 1.29 is 22.7 Å². The summed E-state index contributed by atoms with van der Waals surface area (Å²) in [4.78, 5) is 12.1. The molecule has 0 aliphatic heterocycles. The van der Waals surface area contributed by atoms with Crippen molar-refractivity contribution in [2.24, 2.45) is 5.14 Å². The zero-order valence-electron chi connectivity index (χ0n) is 11.9. The Balaban J connectivity index is 2.30. The van der Waals surface area contributed by atoms with Gasteiger partial charge in [0.1, 0.15) is 17.4 Å². The number of carbonyl (C=O) groups is 1. The van der Waals surface area contributed by atoms with Crippen molar-refractivity contribution in [3.8, 4) is 5.75 Å². The van der Waals surface area contributed by atoms with E-state index in [1.54, 1.807) is 6.92 Å². The Bertz CT molecular complexity index is 620. The number of hydrogen-bond acceptors (Lipinski definition) is 5. The van der Waals surface area contributed by atoms with Crippen molar-refractivity contribution in [3.05, 3.63) is 23.8 Å². The fraction of sp³-hybridized carbons (Fsp3) is 0.500. The molecule has 2 N–H and O–H groups in total. The average Bonchev–Trinajstić information content (AvgIpc) is 2.91. The van der Waals surface area contributed by atoms with Crippen LogP contribution in [0.1, 0.15) is 43.0 Å². The molecule has 1 aromatic rings. The molecule has 0 aromatic heterocycles. The van der Waals surface area contributed by atoms with E-state index in [9.17, 15) is 13.2 Å². The Hall–Kier alpha value is -1.60.